The molecule has 3 nitrogen and oxygen atoms in total. The van der Waals surface area contributed by atoms with Crippen molar-refractivity contribution in [1.82, 2.24) is 4.90 Å². The van der Waals surface area contributed by atoms with Crippen molar-refractivity contribution < 1.29 is 9.18 Å². The minimum absolute atomic E-state index is 0.0514. The fourth-order valence-corrected chi connectivity index (χ4v) is 3.43. The van der Waals surface area contributed by atoms with Gasteiger partial charge in [0.25, 0.3) is 0 Å². The van der Waals surface area contributed by atoms with Crippen LogP contribution in [0.15, 0.2) is 29.6 Å². The van der Waals surface area contributed by atoms with Gasteiger partial charge < -0.3 is 10.2 Å². The van der Waals surface area contributed by atoms with Crippen LogP contribution in [0.1, 0.15) is 16.0 Å². The van der Waals surface area contributed by atoms with E-state index in [4.69, 9.17) is 0 Å². The highest BCUT2D eigenvalue weighted by atomic mass is 32.1. The van der Waals surface area contributed by atoms with Crippen molar-refractivity contribution >= 4 is 22.9 Å². The molecule has 0 saturated carbocycles. The Bertz CT molecular complexity index is 668. The first kappa shape index (κ1) is 14.1. The van der Waals surface area contributed by atoms with E-state index in [0.717, 1.165) is 13.0 Å². The summed E-state index contributed by atoms with van der Waals surface area (Å²) >= 11 is 1.76. The van der Waals surface area contributed by atoms with Gasteiger partial charge in [0.05, 0.1) is 6.54 Å². The Morgan fingerprint density at radius 1 is 1.43 bits per heavy atom. The molecule has 0 radical (unpaired) electrons. The molecule has 1 N–H and O–H groups in total. The Balaban J connectivity index is 1.61. The number of rotatable bonds is 3. The molecule has 110 valence electrons. The zero-order chi connectivity index (χ0) is 14.8. The molecule has 0 atom stereocenters. The molecule has 0 bridgehead atoms. The van der Waals surface area contributed by atoms with E-state index in [1.54, 1.807) is 30.4 Å². The van der Waals surface area contributed by atoms with Crippen molar-refractivity contribution in [3.8, 4) is 0 Å². The molecule has 1 aromatic carbocycles. The number of nitrogens with zero attached hydrogens (tertiary/aromatic N) is 1. The number of fused-ring (bicyclic) bond motifs is 1. The van der Waals surface area contributed by atoms with Crippen LogP contribution in [-0.4, -0.2) is 23.9 Å². The highest BCUT2D eigenvalue weighted by Crippen LogP contribution is 2.24. The quantitative estimate of drug-likeness (QED) is 0.944. The summed E-state index contributed by atoms with van der Waals surface area (Å²) in [5, 5.41) is 5.12. The van der Waals surface area contributed by atoms with Gasteiger partial charge in [-0.1, -0.05) is 6.07 Å². The number of carbonyl (C=O) groups is 1. The summed E-state index contributed by atoms with van der Waals surface area (Å²) in [5.74, 6) is -0.205. The molecule has 3 rings (SSSR count). The number of nitrogens with one attached hydrogen (secondary N) is 1. The molecular weight excluding hydrogens is 287 g/mol. The summed E-state index contributed by atoms with van der Waals surface area (Å²) < 4.78 is 13.5. The van der Waals surface area contributed by atoms with Gasteiger partial charge in [-0.15, -0.1) is 11.3 Å². The number of carbonyl (C=O) groups excluding carboxylic acids is 1. The maximum absolute atomic E-state index is 13.5. The van der Waals surface area contributed by atoms with E-state index in [9.17, 15) is 9.18 Å². The van der Waals surface area contributed by atoms with Gasteiger partial charge in [0.1, 0.15) is 5.82 Å². The summed E-state index contributed by atoms with van der Waals surface area (Å²) in [6.45, 7) is 3.35. The lowest BCUT2D eigenvalue weighted by Gasteiger charge is -2.27. The average molecular weight is 304 g/mol. The van der Waals surface area contributed by atoms with E-state index in [1.165, 1.54) is 16.5 Å². The van der Waals surface area contributed by atoms with Crippen LogP contribution in [0, 0.1) is 12.7 Å². The number of hydrogen-bond acceptors (Lipinski definition) is 3. The van der Waals surface area contributed by atoms with E-state index in [2.05, 4.69) is 16.8 Å². The van der Waals surface area contributed by atoms with E-state index in [0.29, 0.717) is 17.8 Å². The van der Waals surface area contributed by atoms with Crippen molar-refractivity contribution in [3.05, 3.63) is 51.5 Å². The Labute approximate surface area is 127 Å². The second kappa shape index (κ2) is 5.85. The van der Waals surface area contributed by atoms with Crippen LogP contribution >= 0.6 is 11.3 Å². The molecule has 2 heterocycles. The maximum Gasteiger partial charge on any atom is 0.242 e. The summed E-state index contributed by atoms with van der Waals surface area (Å²) in [5.41, 5.74) is 2.47. The summed E-state index contributed by atoms with van der Waals surface area (Å²) in [4.78, 5) is 15.5. The Kier molecular flexibility index (Phi) is 3.92. The lowest BCUT2D eigenvalue weighted by Crippen LogP contribution is -2.38. The Hall–Kier alpha value is -1.88. The van der Waals surface area contributed by atoms with Crippen molar-refractivity contribution in [1.29, 1.82) is 0 Å². The third-order valence-corrected chi connectivity index (χ3v) is 4.88. The highest BCUT2D eigenvalue weighted by Gasteiger charge is 2.21. The average Bonchev–Trinajstić information content (AvgIpc) is 2.96. The topological polar surface area (TPSA) is 32.3 Å². The highest BCUT2D eigenvalue weighted by molar-refractivity contribution is 7.10. The Morgan fingerprint density at radius 2 is 2.29 bits per heavy atom. The SMILES string of the molecule is Cc1c(F)cccc1NCC(=O)N1CCc2sccc2C1. The van der Waals surface area contributed by atoms with Crippen molar-refractivity contribution in [2.45, 2.75) is 19.9 Å². The summed E-state index contributed by atoms with van der Waals surface area (Å²) in [6.07, 6.45) is 0.928. The van der Waals surface area contributed by atoms with Gasteiger partial charge in [-0.2, -0.15) is 0 Å². The number of thiophene rings is 1. The van der Waals surface area contributed by atoms with Crippen molar-refractivity contribution in [2.75, 3.05) is 18.4 Å². The van der Waals surface area contributed by atoms with Crippen molar-refractivity contribution in [3.63, 3.8) is 0 Å². The smallest absolute Gasteiger partial charge is 0.242 e. The third kappa shape index (κ3) is 2.93. The second-order valence-corrected chi connectivity index (χ2v) is 6.20. The fraction of sp³-hybridized carbons (Fsp3) is 0.312. The monoisotopic (exact) mass is 304 g/mol. The van der Waals surface area contributed by atoms with Gasteiger partial charge in [0.15, 0.2) is 0 Å². The number of benzene rings is 1. The minimum atomic E-state index is -0.256. The van der Waals surface area contributed by atoms with E-state index in [1.807, 2.05) is 4.90 Å². The lowest BCUT2D eigenvalue weighted by molar-refractivity contribution is -0.130. The van der Waals surface area contributed by atoms with E-state index >= 15 is 0 Å². The molecule has 1 aliphatic rings. The molecule has 0 spiro atoms. The fourth-order valence-electron chi connectivity index (χ4n) is 2.54. The van der Waals surface area contributed by atoms with Crippen LogP contribution < -0.4 is 5.32 Å². The van der Waals surface area contributed by atoms with Gasteiger partial charge in [0, 0.05) is 29.2 Å². The molecule has 0 unspecified atom stereocenters. The zero-order valence-corrected chi connectivity index (χ0v) is 12.7. The van der Waals surface area contributed by atoms with Gasteiger partial charge in [-0.25, -0.2) is 4.39 Å². The van der Waals surface area contributed by atoms with Gasteiger partial charge >= 0.3 is 0 Å². The minimum Gasteiger partial charge on any atom is -0.376 e. The number of halogens is 1. The molecule has 2 aromatic rings. The molecule has 1 aliphatic heterocycles. The first-order valence-electron chi connectivity index (χ1n) is 6.97. The van der Waals surface area contributed by atoms with Crippen LogP contribution in [0.2, 0.25) is 0 Å². The van der Waals surface area contributed by atoms with Crippen LogP contribution in [-0.2, 0) is 17.8 Å². The molecule has 5 heteroatoms. The molecule has 1 aromatic heterocycles. The first-order chi connectivity index (χ1) is 10.1. The number of anilines is 1. The second-order valence-electron chi connectivity index (χ2n) is 5.20. The molecule has 21 heavy (non-hydrogen) atoms. The van der Waals surface area contributed by atoms with Crippen LogP contribution in [0.5, 0.6) is 0 Å². The molecule has 0 saturated heterocycles. The van der Waals surface area contributed by atoms with Gasteiger partial charge in [-0.3, -0.25) is 4.79 Å². The first-order valence-corrected chi connectivity index (χ1v) is 7.85. The normalized spacial score (nSPS) is 13.9. The van der Waals surface area contributed by atoms with E-state index in [-0.39, 0.29) is 18.3 Å². The molecule has 1 amide bonds. The van der Waals surface area contributed by atoms with Crippen LogP contribution in [0.25, 0.3) is 0 Å². The predicted octanol–water partition coefficient (Wildman–Crippen LogP) is 3.19. The van der Waals surface area contributed by atoms with Gasteiger partial charge in [-0.05, 0) is 42.5 Å². The van der Waals surface area contributed by atoms with E-state index < -0.39 is 0 Å². The standard InChI is InChI=1S/C16H17FN2OS/c1-11-13(17)3-2-4-14(11)18-9-16(20)19-7-5-15-12(10-19)6-8-21-15/h2-4,6,8,18H,5,7,9-10H2,1H3. The number of amides is 1. The predicted molar refractivity (Wildman–Crippen MR) is 83.1 cm³/mol. The molecular formula is C16H17FN2OS. The third-order valence-electron chi connectivity index (χ3n) is 3.86. The zero-order valence-electron chi connectivity index (χ0n) is 11.9. The summed E-state index contributed by atoms with van der Waals surface area (Å²) in [7, 11) is 0. The van der Waals surface area contributed by atoms with Crippen molar-refractivity contribution in [2.24, 2.45) is 0 Å². The Morgan fingerprint density at radius 3 is 3.14 bits per heavy atom. The lowest BCUT2D eigenvalue weighted by atomic mass is 10.1. The molecule has 0 aliphatic carbocycles. The maximum atomic E-state index is 13.5. The van der Waals surface area contributed by atoms with Crippen LogP contribution in [0.4, 0.5) is 10.1 Å². The van der Waals surface area contributed by atoms with Crippen LogP contribution in [0.3, 0.4) is 0 Å². The molecule has 0 fully saturated rings. The number of hydrogen-bond donors (Lipinski definition) is 1. The largest absolute Gasteiger partial charge is 0.376 e. The summed E-state index contributed by atoms with van der Waals surface area (Å²) in [6, 6.07) is 6.95. The van der Waals surface area contributed by atoms with Gasteiger partial charge in [0.2, 0.25) is 5.91 Å².